The first-order chi connectivity index (χ1) is 6.70. The van der Waals surface area contributed by atoms with Crippen LogP contribution in [0.5, 0.6) is 5.88 Å². The number of anilines is 1. The van der Waals surface area contributed by atoms with Gasteiger partial charge in [-0.3, -0.25) is 0 Å². The van der Waals surface area contributed by atoms with Crippen LogP contribution >= 0.6 is 15.9 Å². The van der Waals surface area contributed by atoms with Crippen LogP contribution in [-0.2, 0) is 0 Å². The van der Waals surface area contributed by atoms with E-state index in [4.69, 9.17) is 4.74 Å². The molecule has 5 heteroatoms. The maximum absolute atomic E-state index is 5.11. The first-order valence-corrected chi connectivity index (χ1v) is 5.31. The van der Waals surface area contributed by atoms with E-state index in [2.05, 4.69) is 37.7 Å². The summed E-state index contributed by atoms with van der Waals surface area (Å²) in [5.41, 5.74) is 0. The maximum atomic E-state index is 5.11. The molecule has 0 bridgehead atoms. The Balaban J connectivity index is 2.19. The van der Waals surface area contributed by atoms with E-state index in [0.29, 0.717) is 5.88 Å². The predicted molar refractivity (Wildman–Crippen MR) is 57.7 cm³/mol. The fourth-order valence-electron chi connectivity index (χ4n) is 1.50. The van der Waals surface area contributed by atoms with Gasteiger partial charge in [0.15, 0.2) is 0 Å². The van der Waals surface area contributed by atoms with E-state index in [1.54, 1.807) is 13.3 Å². The van der Waals surface area contributed by atoms with Gasteiger partial charge in [-0.25, -0.2) is 4.98 Å². The molecule has 76 valence electrons. The van der Waals surface area contributed by atoms with Crippen LogP contribution in [0, 0.1) is 5.92 Å². The standard InChI is InChI=1S/C9H12BrN3O/c1-6-4-13(5-6)9-11-3-7(10)8(12-9)14-2/h3,6H,4-5H2,1-2H3. The van der Waals surface area contributed by atoms with E-state index < -0.39 is 0 Å². The molecule has 0 radical (unpaired) electrons. The zero-order valence-electron chi connectivity index (χ0n) is 8.20. The average Bonchev–Trinajstić information content (AvgIpc) is 2.14. The molecule has 0 spiro atoms. The quantitative estimate of drug-likeness (QED) is 0.809. The van der Waals surface area contributed by atoms with Gasteiger partial charge in [-0.1, -0.05) is 6.92 Å². The topological polar surface area (TPSA) is 38.2 Å². The van der Waals surface area contributed by atoms with E-state index in [-0.39, 0.29) is 0 Å². The molecule has 1 aliphatic rings. The predicted octanol–water partition coefficient (Wildman–Crippen LogP) is 1.70. The third kappa shape index (κ3) is 1.68. The zero-order valence-corrected chi connectivity index (χ0v) is 9.78. The lowest BCUT2D eigenvalue weighted by atomic mass is 10.0. The van der Waals surface area contributed by atoms with Gasteiger partial charge in [0.2, 0.25) is 11.8 Å². The van der Waals surface area contributed by atoms with Crippen molar-refractivity contribution in [2.45, 2.75) is 6.92 Å². The smallest absolute Gasteiger partial charge is 0.232 e. The van der Waals surface area contributed by atoms with Crippen molar-refractivity contribution in [3.05, 3.63) is 10.7 Å². The fraction of sp³-hybridized carbons (Fsp3) is 0.556. The highest BCUT2D eigenvalue weighted by Gasteiger charge is 2.25. The van der Waals surface area contributed by atoms with Gasteiger partial charge in [0.25, 0.3) is 0 Å². The third-order valence-electron chi connectivity index (χ3n) is 2.24. The number of nitrogens with zero attached hydrogens (tertiary/aromatic N) is 3. The number of halogens is 1. The van der Waals surface area contributed by atoms with Gasteiger partial charge in [0, 0.05) is 13.1 Å². The number of ether oxygens (including phenoxy) is 1. The molecule has 0 saturated carbocycles. The minimum absolute atomic E-state index is 0.592. The molecule has 2 rings (SSSR count). The van der Waals surface area contributed by atoms with Gasteiger partial charge >= 0.3 is 0 Å². The van der Waals surface area contributed by atoms with Crippen LogP contribution in [0.1, 0.15) is 6.92 Å². The molecule has 1 aromatic heterocycles. The molecule has 1 aliphatic heterocycles. The van der Waals surface area contributed by atoms with Gasteiger partial charge in [0.1, 0.15) is 0 Å². The van der Waals surface area contributed by atoms with Crippen molar-refractivity contribution in [3.63, 3.8) is 0 Å². The minimum atomic E-state index is 0.592. The SMILES string of the molecule is COc1nc(N2CC(C)C2)ncc1Br. The molecule has 0 aromatic carbocycles. The van der Waals surface area contributed by atoms with Crippen molar-refractivity contribution in [2.75, 3.05) is 25.1 Å². The van der Waals surface area contributed by atoms with Crippen LogP contribution in [0.15, 0.2) is 10.7 Å². The Hall–Kier alpha value is -0.840. The number of rotatable bonds is 2. The molecule has 2 heterocycles. The molecule has 0 N–H and O–H groups in total. The number of hydrogen-bond donors (Lipinski definition) is 0. The van der Waals surface area contributed by atoms with E-state index in [1.807, 2.05) is 0 Å². The molecule has 1 fully saturated rings. The Morgan fingerprint density at radius 1 is 1.57 bits per heavy atom. The van der Waals surface area contributed by atoms with Crippen molar-refractivity contribution in [2.24, 2.45) is 5.92 Å². The van der Waals surface area contributed by atoms with Crippen molar-refractivity contribution in [1.29, 1.82) is 0 Å². The van der Waals surface area contributed by atoms with Crippen LogP contribution in [0.4, 0.5) is 5.95 Å². The Bertz CT molecular complexity index is 339. The summed E-state index contributed by atoms with van der Waals surface area (Å²) in [5.74, 6) is 2.09. The number of hydrogen-bond acceptors (Lipinski definition) is 4. The summed E-state index contributed by atoms with van der Waals surface area (Å²) < 4.78 is 5.90. The Labute approximate surface area is 91.4 Å². The molecule has 4 nitrogen and oxygen atoms in total. The molecule has 14 heavy (non-hydrogen) atoms. The monoisotopic (exact) mass is 257 g/mol. The van der Waals surface area contributed by atoms with Crippen LogP contribution in [0.2, 0.25) is 0 Å². The van der Waals surface area contributed by atoms with E-state index in [1.165, 1.54) is 0 Å². The highest BCUT2D eigenvalue weighted by molar-refractivity contribution is 9.10. The van der Waals surface area contributed by atoms with Crippen LogP contribution in [0.3, 0.4) is 0 Å². The van der Waals surface area contributed by atoms with Crippen LogP contribution in [-0.4, -0.2) is 30.2 Å². The summed E-state index contributed by atoms with van der Waals surface area (Å²) in [6.45, 7) is 4.28. The number of methoxy groups -OCH3 is 1. The fourth-order valence-corrected chi connectivity index (χ4v) is 1.85. The summed E-state index contributed by atoms with van der Waals surface area (Å²) in [6.07, 6.45) is 1.73. The van der Waals surface area contributed by atoms with E-state index >= 15 is 0 Å². The molecule has 0 amide bonds. The van der Waals surface area contributed by atoms with Crippen molar-refractivity contribution < 1.29 is 4.74 Å². The third-order valence-corrected chi connectivity index (χ3v) is 2.78. The van der Waals surface area contributed by atoms with Crippen molar-refractivity contribution in [1.82, 2.24) is 9.97 Å². The molecular weight excluding hydrogens is 246 g/mol. The molecule has 1 aromatic rings. The largest absolute Gasteiger partial charge is 0.480 e. The Morgan fingerprint density at radius 2 is 2.29 bits per heavy atom. The molecule has 0 unspecified atom stereocenters. The highest BCUT2D eigenvalue weighted by Crippen LogP contribution is 2.26. The lowest BCUT2D eigenvalue weighted by Gasteiger charge is -2.37. The van der Waals surface area contributed by atoms with Gasteiger partial charge in [0.05, 0.1) is 17.8 Å². The minimum Gasteiger partial charge on any atom is -0.480 e. The maximum Gasteiger partial charge on any atom is 0.232 e. The summed E-state index contributed by atoms with van der Waals surface area (Å²) in [7, 11) is 1.61. The molecular formula is C9H12BrN3O. The average molecular weight is 258 g/mol. The van der Waals surface area contributed by atoms with Gasteiger partial charge < -0.3 is 9.64 Å². The normalized spacial score (nSPS) is 16.6. The second-order valence-corrected chi connectivity index (χ2v) is 4.39. The summed E-state index contributed by atoms with van der Waals surface area (Å²) >= 11 is 3.32. The number of aromatic nitrogens is 2. The Morgan fingerprint density at radius 3 is 2.86 bits per heavy atom. The lowest BCUT2D eigenvalue weighted by molar-refractivity contribution is 0.388. The van der Waals surface area contributed by atoms with Crippen molar-refractivity contribution >= 4 is 21.9 Å². The summed E-state index contributed by atoms with van der Waals surface area (Å²) in [4.78, 5) is 10.7. The lowest BCUT2D eigenvalue weighted by Crippen LogP contribution is -2.46. The Kier molecular flexibility index (Phi) is 2.58. The summed E-state index contributed by atoms with van der Waals surface area (Å²) in [5, 5.41) is 0. The van der Waals surface area contributed by atoms with Crippen molar-refractivity contribution in [3.8, 4) is 5.88 Å². The second-order valence-electron chi connectivity index (χ2n) is 3.54. The highest BCUT2D eigenvalue weighted by atomic mass is 79.9. The van der Waals surface area contributed by atoms with E-state index in [0.717, 1.165) is 29.4 Å². The second kappa shape index (κ2) is 3.73. The summed E-state index contributed by atoms with van der Waals surface area (Å²) in [6, 6.07) is 0. The van der Waals surface area contributed by atoms with Crippen LogP contribution < -0.4 is 9.64 Å². The zero-order chi connectivity index (χ0) is 10.1. The first kappa shape index (κ1) is 9.71. The van der Waals surface area contributed by atoms with Gasteiger partial charge in [-0.05, 0) is 21.8 Å². The van der Waals surface area contributed by atoms with Crippen LogP contribution in [0.25, 0.3) is 0 Å². The van der Waals surface area contributed by atoms with Gasteiger partial charge in [-0.15, -0.1) is 0 Å². The van der Waals surface area contributed by atoms with E-state index in [9.17, 15) is 0 Å². The van der Waals surface area contributed by atoms with Gasteiger partial charge in [-0.2, -0.15) is 4.98 Å². The molecule has 0 atom stereocenters. The molecule has 1 saturated heterocycles. The first-order valence-electron chi connectivity index (χ1n) is 4.52. The molecule has 0 aliphatic carbocycles.